The number of carbonyl (C=O) groups excluding carboxylic acids is 1. The molecule has 0 saturated carbocycles. The Morgan fingerprint density at radius 1 is 1.31 bits per heavy atom. The molecule has 1 aromatic carbocycles. The van der Waals surface area contributed by atoms with E-state index in [0.717, 1.165) is 5.56 Å². The number of fused-ring (bicyclic) bond motifs is 1. The lowest BCUT2D eigenvalue weighted by atomic mass is 10.2. The summed E-state index contributed by atoms with van der Waals surface area (Å²) in [6.07, 6.45) is 1.21. The Kier molecular flexibility index (Phi) is 7.08. The van der Waals surface area contributed by atoms with Crippen molar-refractivity contribution >= 4 is 29.5 Å². The van der Waals surface area contributed by atoms with Crippen LogP contribution in [0.2, 0.25) is 0 Å². The average Bonchev–Trinajstić information content (AvgIpc) is 3.21. The lowest BCUT2D eigenvalue weighted by Gasteiger charge is -2.20. The van der Waals surface area contributed by atoms with Crippen LogP contribution >= 0.6 is 12.2 Å². The van der Waals surface area contributed by atoms with Gasteiger partial charge >= 0.3 is 6.09 Å². The molecular weight excluding hydrogens is 437 g/mol. The maximum Gasteiger partial charge on any atom is 0.407 e. The Morgan fingerprint density at radius 3 is 2.69 bits per heavy atom. The number of alkyl carbamates (subject to hydrolysis) is 1. The van der Waals surface area contributed by atoms with Crippen LogP contribution < -0.4 is 15.6 Å². The van der Waals surface area contributed by atoms with Crippen molar-refractivity contribution in [2.24, 2.45) is 0 Å². The maximum atomic E-state index is 13.1. The topological polar surface area (TPSA) is 114 Å². The maximum absolute atomic E-state index is 13.1. The number of aromatic amines is 2. The first-order valence-corrected chi connectivity index (χ1v) is 10.2. The molecule has 32 heavy (non-hydrogen) atoms. The van der Waals surface area contributed by atoms with Crippen molar-refractivity contribution in [2.75, 3.05) is 13.2 Å². The lowest BCUT2D eigenvalue weighted by Crippen LogP contribution is -2.34. The van der Waals surface area contributed by atoms with E-state index in [-0.39, 0.29) is 29.1 Å². The number of ether oxygens (including phenoxy) is 2. The second kappa shape index (κ2) is 9.77. The predicted octanol–water partition coefficient (Wildman–Crippen LogP) is 3.59. The van der Waals surface area contributed by atoms with Gasteiger partial charge in [0.15, 0.2) is 10.4 Å². The van der Waals surface area contributed by atoms with Gasteiger partial charge in [-0.15, -0.1) is 0 Å². The summed E-state index contributed by atoms with van der Waals surface area (Å²) in [5.41, 5.74) is 1.02. The van der Waals surface area contributed by atoms with Gasteiger partial charge in [-0.05, 0) is 50.7 Å². The van der Waals surface area contributed by atoms with Gasteiger partial charge in [0, 0.05) is 12.1 Å². The third-order valence-electron chi connectivity index (χ3n) is 4.27. The van der Waals surface area contributed by atoms with Crippen molar-refractivity contribution in [1.29, 1.82) is 0 Å². The molecule has 0 bridgehead atoms. The third kappa shape index (κ3) is 6.03. The van der Waals surface area contributed by atoms with Crippen molar-refractivity contribution in [2.45, 2.75) is 32.9 Å². The molecule has 11 heteroatoms. The smallest absolute Gasteiger partial charge is 0.407 e. The largest absolute Gasteiger partial charge is 0.489 e. The van der Waals surface area contributed by atoms with Crippen LogP contribution in [-0.2, 0) is 11.3 Å². The molecule has 9 nitrogen and oxygen atoms in total. The zero-order chi connectivity index (χ0) is 23.3. The Labute approximate surface area is 188 Å². The van der Waals surface area contributed by atoms with E-state index in [9.17, 15) is 14.0 Å². The van der Waals surface area contributed by atoms with E-state index in [1.165, 1.54) is 6.33 Å². The van der Waals surface area contributed by atoms with Gasteiger partial charge in [-0.25, -0.2) is 14.2 Å². The van der Waals surface area contributed by atoms with E-state index in [4.69, 9.17) is 21.7 Å². The Hall–Kier alpha value is -3.47. The molecule has 3 aromatic rings. The van der Waals surface area contributed by atoms with Crippen LogP contribution in [0.1, 0.15) is 26.3 Å². The molecule has 0 spiro atoms. The number of hydrogen-bond acceptors (Lipinski definition) is 6. The minimum atomic E-state index is -0.635. The Bertz CT molecular complexity index is 1240. The fraction of sp³-hybridized carbons (Fsp3) is 0.333. The summed E-state index contributed by atoms with van der Waals surface area (Å²) in [5.74, 6) is 0.528. The number of imidazole rings is 1. The number of hydrogen-bond donors (Lipinski definition) is 3. The molecule has 0 saturated heterocycles. The number of halogens is 1. The fourth-order valence-corrected chi connectivity index (χ4v) is 3.04. The van der Waals surface area contributed by atoms with E-state index in [1.807, 2.05) is 12.1 Å². The SMILES string of the molecule is CC(C)(C)OC(=O)NC/C(=C\F)COc1ccc(Cn2c(=S)[nH]c(=O)c3[nH]cnc32)cc1. The predicted molar refractivity (Wildman–Crippen MR) is 120 cm³/mol. The van der Waals surface area contributed by atoms with E-state index in [2.05, 4.69) is 20.3 Å². The summed E-state index contributed by atoms with van der Waals surface area (Å²) in [5, 5.41) is 2.49. The fourth-order valence-electron chi connectivity index (χ4n) is 2.80. The van der Waals surface area contributed by atoms with E-state index < -0.39 is 11.7 Å². The number of nitrogens with zero attached hydrogens (tertiary/aromatic N) is 2. The molecule has 0 aliphatic heterocycles. The lowest BCUT2D eigenvalue weighted by molar-refractivity contribution is 0.0531. The second-order valence-corrected chi connectivity index (χ2v) is 8.39. The molecule has 0 fully saturated rings. The van der Waals surface area contributed by atoms with Crippen molar-refractivity contribution < 1.29 is 18.7 Å². The van der Waals surface area contributed by atoms with E-state index in [1.54, 1.807) is 37.5 Å². The molecule has 0 unspecified atom stereocenters. The van der Waals surface area contributed by atoms with E-state index in [0.29, 0.717) is 29.8 Å². The molecule has 0 aliphatic carbocycles. The molecule has 3 rings (SSSR count). The average molecular weight is 462 g/mol. The highest BCUT2D eigenvalue weighted by molar-refractivity contribution is 7.71. The van der Waals surface area contributed by atoms with Gasteiger partial charge in [-0.2, -0.15) is 0 Å². The first-order chi connectivity index (χ1) is 15.2. The van der Waals surface area contributed by atoms with Crippen LogP contribution in [0.3, 0.4) is 0 Å². The van der Waals surface area contributed by atoms with Gasteiger partial charge in [-0.3, -0.25) is 14.3 Å². The Balaban J connectivity index is 1.58. The van der Waals surface area contributed by atoms with Gasteiger partial charge in [0.05, 0.1) is 19.2 Å². The van der Waals surface area contributed by atoms with Crippen LogP contribution in [0.5, 0.6) is 5.75 Å². The summed E-state index contributed by atoms with van der Waals surface area (Å²) in [7, 11) is 0. The molecule has 0 radical (unpaired) electrons. The number of aromatic nitrogens is 4. The van der Waals surface area contributed by atoms with Crippen LogP contribution in [0, 0.1) is 4.77 Å². The summed E-state index contributed by atoms with van der Waals surface area (Å²) >= 11 is 5.26. The highest BCUT2D eigenvalue weighted by Gasteiger charge is 2.16. The second-order valence-electron chi connectivity index (χ2n) is 8.00. The number of carbonyl (C=O) groups is 1. The van der Waals surface area contributed by atoms with Crippen LogP contribution in [0.15, 0.2) is 47.3 Å². The minimum Gasteiger partial charge on any atom is -0.489 e. The van der Waals surface area contributed by atoms with Crippen LogP contribution in [-0.4, -0.2) is 44.4 Å². The van der Waals surface area contributed by atoms with Gasteiger partial charge in [0.1, 0.15) is 23.5 Å². The van der Waals surface area contributed by atoms with Crippen LogP contribution in [0.25, 0.3) is 11.2 Å². The first kappa shape index (κ1) is 23.2. The van der Waals surface area contributed by atoms with Crippen molar-refractivity contribution in [3.8, 4) is 5.75 Å². The van der Waals surface area contributed by atoms with E-state index >= 15 is 0 Å². The van der Waals surface area contributed by atoms with Gasteiger partial charge < -0.3 is 19.8 Å². The quantitative estimate of drug-likeness (QED) is 0.464. The number of nitrogens with one attached hydrogen (secondary N) is 3. The number of benzene rings is 1. The highest BCUT2D eigenvalue weighted by Crippen LogP contribution is 2.16. The zero-order valence-corrected chi connectivity index (χ0v) is 18.7. The summed E-state index contributed by atoms with van der Waals surface area (Å²) in [6, 6.07) is 7.14. The molecule has 0 atom stereocenters. The summed E-state index contributed by atoms with van der Waals surface area (Å²) < 4.78 is 25.8. The zero-order valence-electron chi connectivity index (χ0n) is 17.9. The third-order valence-corrected chi connectivity index (χ3v) is 4.59. The van der Waals surface area contributed by atoms with Gasteiger partial charge in [-0.1, -0.05) is 12.1 Å². The minimum absolute atomic E-state index is 0.0341. The highest BCUT2D eigenvalue weighted by atomic mass is 32.1. The standard InChI is InChI=1S/C21H24FN5O4S/c1-21(2,3)31-20(29)23-9-14(8-22)11-30-15-6-4-13(5-7-15)10-27-17-16(24-12-25-17)18(28)26-19(27)32/h4-8,12H,9-11H2,1-3H3,(H,23,29)(H,24,25)(H,26,28,32)/b14-8+. The molecule has 3 N–H and O–H groups in total. The van der Waals surface area contributed by atoms with Crippen molar-refractivity contribution in [3.63, 3.8) is 0 Å². The monoisotopic (exact) mass is 461 g/mol. The summed E-state index contributed by atoms with van der Waals surface area (Å²) in [4.78, 5) is 33.2. The first-order valence-electron chi connectivity index (χ1n) is 9.79. The molecule has 2 aromatic heterocycles. The molecule has 2 heterocycles. The van der Waals surface area contributed by atoms with Gasteiger partial charge in [0.25, 0.3) is 5.56 Å². The molecule has 1 amide bonds. The molecule has 170 valence electrons. The number of amides is 1. The molecule has 0 aliphatic rings. The van der Waals surface area contributed by atoms with Gasteiger partial charge in [0.2, 0.25) is 0 Å². The number of rotatable bonds is 7. The molecular formula is C21H24FN5O4S. The van der Waals surface area contributed by atoms with Crippen LogP contribution in [0.4, 0.5) is 9.18 Å². The Morgan fingerprint density at radius 2 is 2.03 bits per heavy atom. The van der Waals surface area contributed by atoms with Crippen molar-refractivity contribution in [1.82, 2.24) is 24.8 Å². The van der Waals surface area contributed by atoms with Crippen molar-refractivity contribution in [3.05, 3.63) is 63.2 Å². The normalized spacial score (nSPS) is 12.1. The number of H-pyrrole nitrogens is 2. The summed E-state index contributed by atoms with van der Waals surface area (Å²) in [6.45, 7) is 5.56.